The standard InChI is InChI=1S/C16H25NO/c1-4-17-15-11-12(2)10-13(3)16(15)18-14-8-6-5-7-9-14/h5-9,12-13,15-17H,4,10-11H2,1-3H3. The molecule has 1 aromatic rings. The summed E-state index contributed by atoms with van der Waals surface area (Å²) in [6.45, 7) is 7.84. The molecule has 1 N–H and O–H groups in total. The molecule has 0 radical (unpaired) electrons. The maximum atomic E-state index is 6.22. The van der Waals surface area contributed by atoms with Crippen molar-refractivity contribution in [3.05, 3.63) is 30.3 Å². The third-order valence-electron chi connectivity index (χ3n) is 3.87. The summed E-state index contributed by atoms with van der Waals surface area (Å²) in [5, 5.41) is 3.59. The van der Waals surface area contributed by atoms with E-state index in [2.05, 4.69) is 26.1 Å². The van der Waals surface area contributed by atoms with Gasteiger partial charge in [0, 0.05) is 6.04 Å². The molecule has 1 aliphatic carbocycles. The lowest BCUT2D eigenvalue weighted by Gasteiger charge is -2.39. The zero-order chi connectivity index (χ0) is 13.0. The van der Waals surface area contributed by atoms with Crippen molar-refractivity contribution >= 4 is 0 Å². The molecule has 0 spiro atoms. The number of benzene rings is 1. The highest BCUT2D eigenvalue weighted by Gasteiger charge is 2.35. The second-order valence-electron chi connectivity index (χ2n) is 5.61. The van der Waals surface area contributed by atoms with Gasteiger partial charge in [0.2, 0.25) is 0 Å². The van der Waals surface area contributed by atoms with E-state index in [0.29, 0.717) is 18.1 Å². The third kappa shape index (κ3) is 3.26. The molecular weight excluding hydrogens is 222 g/mol. The zero-order valence-corrected chi connectivity index (χ0v) is 11.7. The maximum Gasteiger partial charge on any atom is 0.119 e. The number of likely N-dealkylation sites (N-methyl/N-ethyl adjacent to an activating group) is 1. The highest BCUT2D eigenvalue weighted by atomic mass is 16.5. The molecule has 1 aliphatic rings. The summed E-state index contributed by atoms with van der Waals surface area (Å²) < 4.78 is 6.22. The normalized spacial score (nSPS) is 32.2. The summed E-state index contributed by atoms with van der Waals surface area (Å²) in [5.74, 6) is 2.39. The van der Waals surface area contributed by atoms with Crippen LogP contribution in [0.5, 0.6) is 5.75 Å². The topological polar surface area (TPSA) is 21.3 Å². The Bertz CT molecular complexity index is 351. The number of para-hydroxylation sites is 1. The van der Waals surface area contributed by atoms with Crippen molar-refractivity contribution in [2.24, 2.45) is 11.8 Å². The van der Waals surface area contributed by atoms with Crippen LogP contribution in [-0.4, -0.2) is 18.7 Å². The SMILES string of the molecule is CCNC1CC(C)CC(C)C1Oc1ccccc1. The lowest BCUT2D eigenvalue weighted by Crippen LogP contribution is -2.50. The summed E-state index contributed by atoms with van der Waals surface area (Å²) >= 11 is 0. The van der Waals surface area contributed by atoms with Gasteiger partial charge in [-0.3, -0.25) is 0 Å². The number of hydrogen-bond acceptors (Lipinski definition) is 2. The molecule has 0 aromatic heterocycles. The number of hydrogen-bond donors (Lipinski definition) is 1. The van der Waals surface area contributed by atoms with E-state index in [0.717, 1.165) is 18.2 Å². The van der Waals surface area contributed by atoms with Crippen LogP contribution < -0.4 is 10.1 Å². The van der Waals surface area contributed by atoms with Gasteiger partial charge in [-0.05, 0) is 43.4 Å². The molecule has 0 saturated heterocycles. The minimum absolute atomic E-state index is 0.295. The first-order chi connectivity index (χ1) is 8.70. The largest absolute Gasteiger partial charge is 0.489 e. The van der Waals surface area contributed by atoms with Crippen LogP contribution in [0, 0.1) is 11.8 Å². The average molecular weight is 247 g/mol. The molecule has 100 valence electrons. The van der Waals surface area contributed by atoms with Gasteiger partial charge in [-0.2, -0.15) is 0 Å². The van der Waals surface area contributed by atoms with Crippen LogP contribution in [0.2, 0.25) is 0 Å². The van der Waals surface area contributed by atoms with E-state index in [1.165, 1.54) is 12.8 Å². The summed E-state index contributed by atoms with van der Waals surface area (Å²) in [6, 6.07) is 10.7. The monoisotopic (exact) mass is 247 g/mol. The molecule has 4 unspecified atom stereocenters. The second kappa shape index (κ2) is 6.24. The van der Waals surface area contributed by atoms with Gasteiger partial charge in [-0.25, -0.2) is 0 Å². The molecule has 0 heterocycles. The van der Waals surface area contributed by atoms with Crippen LogP contribution in [0.4, 0.5) is 0 Å². The predicted molar refractivity (Wildman–Crippen MR) is 75.9 cm³/mol. The van der Waals surface area contributed by atoms with Gasteiger partial charge >= 0.3 is 0 Å². The minimum Gasteiger partial charge on any atom is -0.489 e. The maximum absolute atomic E-state index is 6.22. The van der Waals surface area contributed by atoms with E-state index in [9.17, 15) is 0 Å². The van der Waals surface area contributed by atoms with Gasteiger partial charge in [0.15, 0.2) is 0 Å². The van der Waals surface area contributed by atoms with E-state index >= 15 is 0 Å². The molecule has 4 atom stereocenters. The van der Waals surface area contributed by atoms with Crippen molar-refractivity contribution in [3.63, 3.8) is 0 Å². The van der Waals surface area contributed by atoms with Crippen LogP contribution in [0.3, 0.4) is 0 Å². The average Bonchev–Trinajstić information content (AvgIpc) is 2.35. The first-order valence-electron chi connectivity index (χ1n) is 7.15. The molecule has 1 fully saturated rings. The van der Waals surface area contributed by atoms with Crippen molar-refractivity contribution in [3.8, 4) is 5.75 Å². The van der Waals surface area contributed by atoms with E-state index in [4.69, 9.17) is 4.74 Å². The first kappa shape index (κ1) is 13.4. The van der Waals surface area contributed by atoms with Crippen molar-refractivity contribution < 1.29 is 4.74 Å². The van der Waals surface area contributed by atoms with Crippen LogP contribution >= 0.6 is 0 Å². The molecule has 0 bridgehead atoms. The molecule has 1 saturated carbocycles. The van der Waals surface area contributed by atoms with Gasteiger partial charge in [0.25, 0.3) is 0 Å². The van der Waals surface area contributed by atoms with Crippen LogP contribution in [0.25, 0.3) is 0 Å². The van der Waals surface area contributed by atoms with Gasteiger partial charge in [-0.1, -0.05) is 39.0 Å². The van der Waals surface area contributed by atoms with Crippen molar-refractivity contribution in [2.75, 3.05) is 6.54 Å². The van der Waals surface area contributed by atoms with Gasteiger partial charge in [-0.15, -0.1) is 0 Å². The van der Waals surface area contributed by atoms with E-state index in [1.807, 2.05) is 30.3 Å². The van der Waals surface area contributed by atoms with Crippen molar-refractivity contribution in [2.45, 2.75) is 45.8 Å². The van der Waals surface area contributed by atoms with E-state index < -0.39 is 0 Å². The summed E-state index contributed by atoms with van der Waals surface area (Å²) in [5.41, 5.74) is 0. The fourth-order valence-corrected chi connectivity index (χ4v) is 3.15. The Balaban J connectivity index is 2.07. The summed E-state index contributed by atoms with van der Waals surface area (Å²) in [6.07, 6.45) is 2.78. The van der Waals surface area contributed by atoms with Crippen molar-refractivity contribution in [1.82, 2.24) is 5.32 Å². The molecule has 0 amide bonds. The Hall–Kier alpha value is -1.02. The summed E-state index contributed by atoms with van der Waals surface area (Å²) in [7, 11) is 0. The molecule has 2 nitrogen and oxygen atoms in total. The summed E-state index contributed by atoms with van der Waals surface area (Å²) in [4.78, 5) is 0. The lowest BCUT2D eigenvalue weighted by atomic mass is 9.78. The Labute approximate surface area is 111 Å². The smallest absolute Gasteiger partial charge is 0.119 e. The quantitative estimate of drug-likeness (QED) is 0.879. The molecule has 2 rings (SSSR count). The Morgan fingerprint density at radius 2 is 1.89 bits per heavy atom. The Morgan fingerprint density at radius 1 is 1.17 bits per heavy atom. The fourth-order valence-electron chi connectivity index (χ4n) is 3.15. The predicted octanol–water partition coefficient (Wildman–Crippen LogP) is 3.48. The molecule has 2 heteroatoms. The van der Waals surface area contributed by atoms with Gasteiger partial charge in [0.05, 0.1) is 0 Å². The number of ether oxygens (including phenoxy) is 1. The minimum atomic E-state index is 0.295. The zero-order valence-electron chi connectivity index (χ0n) is 11.7. The highest BCUT2D eigenvalue weighted by Crippen LogP contribution is 2.32. The number of rotatable bonds is 4. The third-order valence-corrected chi connectivity index (χ3v) is 3.87. The first-order valence-corrected chi connectivity index (χ1v) is 7.15. The van der Waals surface area contributed by atoms with Crippen LogP contribution in [0.15, 0.2) is 30.3 Å². The highest BCUT2D eigenvalue weighted by molar-refractivity contribution is 5.21. The Kier molecular flexibility index (Phi) is 4.65. The van der Waals surface area contributed by atoms with Crippen LogP contribution in [0.1, 0.15) is 33.6 Å². The Morgan fingerprint density at radius 3 is 2.56 bits per heavy atom. The van der Waals surface area contributed by atoms with Crippen LogP contribution in [-0.2, 0) is 0 Å². The lowest BCUT2D eigenvalue weighted by molar-refractivity contribution is 0.0483. The van der Waals surface area contributed by atoms with E-state index in [1.54, 1.807) is 0 Å². The van der Waals surface area contributed by atoms with E-state index in [-0.39, 0.29) is 0 Å². The fraction of sp³-hybridized carbons (Fsp3) is 0.625. The molecule has 18 heavy (non-hydrogen) atoms. The van der Waals surface area contributed by atoms with Crippen molar-refractivity contribution in [1.29, 1.82) is 0 Å². The van der Waals surface area contributed by atoms with Gasteiger partial charge in [0.1, 0.15) is 11.9 Å². The molecular formula is C16H25NO. The second-order valence-corrected chi connectivity index (χ2v) is 5.61. The van der Waals surface area contributed by atoms with Gasteiger partial charge < -0.3 is 10.1 Å². The molecule has 1 aromatic carbocycles. The molecule has 0 aliphatic heterocycles. The number of nitrogens with one attached hydrogen (secondary N) is 1.